The summed E-state index contributed by atoms with van der Waals surface area (Å²) in [6.07, 6.45) is 5.00. The van der Waals surface area contributed by atoms with E-state index in [1.165, 1.54) is 57.5 Å². The van der Waals surface area contributed by atoms with Gasteiger partial charge in [-0.2, -0.15) is 0 Å². The molecule has 0 aromatic heterocycles. The van der Waals surface area contributed by atoms with Crippen molar-refractivity contribution >= 4 is 11.6 Å². The molecule has 0 aliphatic carbocycles. The van der Waals surface area contributed by atoms with Crippen molar-refractivity contribution in [1.29, 1.82) is 0 Å². The number of likely N-dealkylation sites (N-methyl/N-ethyl adjacent to an activating group) is 1. The fraction of sp³-hybridized carbons (Fsp3) is 0.667. The number of halogens is 1. The molecule has 2 aliphatic heterocycles. The van der Waals surface area contributed by atoms with Crippen LogP contribution in [0.1, 0.15) is 24.8 Å². The molecule has 1 aromatic rings. The molecule has 0 unspecified atom stereocenters. The second-order valence-electron chi connectivity index (χ2n) is 6.82. The Balaban J connectivity index is 1.73. The Morgan fingerprint density at radius 3 is 2.59 bits per heavy atom. The van der Waals surface area contributed by atoms with E-state index < -0.39 is 0 Å². The van der Waals surface area contributed by atoms with Crippen molar-refractivity contribution in [2.45, 2.75) is 37.8 Å². The molecule has 2 heterocycles. The van der Waals surface area contributed by atoms with Crippen molar-refractivity contribution in [2.75, 3.05) is 39.8 Å². The molecular weight excluding hydrogens is 294 g/mol. The van der Waals surface area contributed by atoms with Crippen molar-refractivity contribution in [2.24, 2.45) is 0 Å². The van der Waals surface area contributed by atoms with E-state index in [0.29, 0.717) is 6.04 Å². The van der Waals surface area contributed by atoms with Crippen LogP contribution < -0.4 is 5.32 Å². The molecule has 0 spiro atoms. The molecule has 0 bridgehead atoms. The molecule has 3 nitrogen and oxygen atoms in total. The van der Waals surface area contributed by atoms with Crippen LogP contribution in [0.5, 0.6) is 0 Å². The second-order valence-corrected chi connectivity index (χ2v) is 7.26. The first-order chi connectivity index (χ1) is 10.7. The molecule has 1 N–H and O–H groups in total. The predicted octanol–water partition coefficient (Wildman–Crippen LogP) is 2.64. The Hall–Kier alpha value is -0.610. The van der Waals surface area contributed by atoms with Crippen LogP contribution in [0.3, 0.4) is 0 Å². The van der Waals surface area contributed by atoms with E-state index in [1.807, 2.05) is 12.1 Å². The molecule has 3 rings (SSSR count). The van der Waals surface area contributed by atoms with Gasteiger partial charge in [-0.15, -0.1) is 0 Å². The molecule has 0 radical (unpaired) electrons. The van der Waals surface area contributed by atoms with Crippen molar-refractivity contribution in [1.82, 2.24) is 15.1 Å². The summed E-state index contributed by atoms with van der Waals surface area (Å²) in [6.45, 7) is 5.98. The van der Waals surface area contributed by atoms with Crippen molar-refractivity contribution in [3.63, 3.8) is 0 Å². The van der Waals surface area contributed by atoms with E-state index >= 15 is 0 Å². The number of hydrogen-bond donors (Lipinski definition) is 1. The Kier molecular flexibility index (Phi) is 5.75. The van der Waals surface area contributed by atoms with Gasteiger partial charge in [0.2, 0.25) is 0 Å². The lowest BCUT2D eigenvalue weighted by atomic mass is 9.98. The summed E-state index contributed by atoms with van der Waals surface area (Å²) in [5.74, 6) is 0. The Labute approximate surface area is 139 Å². The van der Waals surface area contributed by atoms with E-state index in [1.54, 1.807) is 0 Å². The van der Waals surface area contributed by atoms with Gasteiger partial charge in [-0.05, 0) is 70.1 Å². The highest BCUT2D eigenvalue weighted by Crippen LogP contribution is 2.22. The third-order valence-electron chi connectivity index (χ3n) is 5.11. The molecule has 0 amide bonds. The molecule has 4 heteroatoms. The smallest absolute Gasteiger partial charge is 0.0406 e. The first-order valence-corrected chi connectivity index (χ1v) is 8.99. The highest BCUT2D eigenvalue weighted by Gasteiger charge is 2.30. The van der Waals surface area contributed by atoms with E-state index in [0.717, 1.165) is 17.5 Å². The minimum atomic E-state index is 0.622. The van der Waals surface area contributed by atoms with Crippen LogP contribution in [0.4, 0.5) is 0 Å². The van der Waals surface area contributed by atoms with E-state index in [-0.39, 0.29) is 0 Å². The molecule has 122 valence electrons. The van der Waals surface area contributed by atoms with Gasteiger partial charge in [-0.1, -0.05) is 23.7 Å². The lowest BCUT2D eigenvalue weighted by Crippen LogP contribution is -2.50. The normalized spacial score (nSPS) is 26.0. The minimum absolute atomic E-state index is 0.622. The van der Waals surface area contributed by atoms with Gasteiger partial charge in [-0.25, -0.2) is 0 Å². The quantitative estimate of drug-likeness (QED) is 0.923. The molecule has 2 fully saturated rings. The zero-order valence-corrected chi connectivity index (χ0v) is 14.4. The number of nitrogens with one attached hydrogen (secondary N) is 1. The summed E-state index contributed by atoms with van der Waals surface area (Å²) in [5, 5.41) is 4.33. The molecule has 1 atom stereocenters. The van der Waals surface area contributed by atoms with Gasteiger partial charge in [-0.3, -0.25) is 4.90 Å². The van der Waals surface area contributed by atoms with Crippen molar-refractivity contribution < 1.29 is 0 Å². The minimum Gasteiger partial charge on any atom is -0.317 e. The number of piperidine rings is 1. The highest BCUT2D eigenvalue weighted by molar-refractivity contribution is 6.30. The molecule has 1 aromatic carbocycles. The third-order valence-corrected chi connectivity index (χ3v) is 5.36. The summed E-state index contributed by atoms with van der Waals surface area (Å²) in [5.41, 5.74) is 1.41. The van der Waals surface area contributed by atoms with Crippen LogP contribution in [-0.2, 0) is 6.42 Å². The van der Waals surface area contributed by atoms with Crippen LogP contribution in [0.15, 0.2) is 24.3 Å². The van der Waals surface area contributed by atoms with Gasteiger partial charge in [0.15, 0.2) is 0 Å². The van der Waals surface area contributed by atoms with Gasteiger partial charge in [0, 0.05) is 30.2 Å². The second kappa shape index (κ2) is 7.78. The van der Waals surface area contributed by atoms with Crippen LogP contribution in [0, 0.1) is 0 Å². The maximum atomic E-state index is 6.03. The SMILES string of the molecule is CN1CCCN(C2CCNCC2)[C@@H](Cc2ccc(Cl)cc2)C1. The zero-order chi connectivity index (χ0) is 15.4. The van der Waals surface area contributed by atoms with Gasteiger partial charge >= 0.3 is 0 Å². The van der Waals surface area contributed by atoms with Crippen molar-refractivity contribution in [3.8, 4) is 0 Å². The van der Waals surface area contributed by atoms with Crippen LogP contribution >= 0.6 is 11.6 Å². The fourth-order valence-corrected chi connectivity index (χ4v) is 4.08. The number of hydrogen-bond acceptors (Lipinski definition) is 3. The number of benzene rings is 1. The maximum absolute atomic E-state index is 6.03. The average Bonchev–Trinajstić information content (AvgIpc) is 2.72. The lowest BCUT2D eigenvalue weighted by Gasteiger charge is -2.39. The predicted molar refractivity (Wildman–Crippen MR) is 93.7 cm³/mol. The average molecular weight is 322 g/mol. The van der Waals surface area contributed by atoms with Crippen LogP contribution in [-0.4, -0.2) is 61.7 Å². The van der Waals surface area contributed by atoms with E-state index in [4.69, 9.17) is 11.6 Å². The Morgan fingerprint density at radius 2 is 1.86 bits per heavy atom. The topological polar surface area (TPSA) is 18.5 Å². The molecule has 22 heavy (non-hydrogen) atoms. The Morgan fingerprint density at radius 1 is 1.14 bits per heavy atom. The summed E-state index contributed by atoms with van der Waals surface area (Å²) >= 11 is 6.03. The first kappa shape index (κ1) is 16.3. The van der Waals surface area contributed by atoms with Gasteiger partial charge in [0.25, 0.3) is 0 Å². The number of nitrogens with zero attached hydrogens (tertiary/aromatic N) is 2. The molecular formula is C18H28ClN3. The highest BCUT2D eigenvalue weighted by atomic mass is 35.5. The zero-order valence-electron chi connectivity index (χ0n) is 13.6. The first-order valence-electron chi connectivity index (χ1n) is 8.62. The number of rotatable bonds is 3. The van der Waals surface area contributed by atoms with Gasteiger partial charge in [0.05, 0.1) is 0 Å². The molecule has 0 saturated carbocycles. The molecule has 2 aliphatic rings. The summed E-state index contributed by atoms with van der Waals surface area (Å²) in [6, 6.07) is 9.79. The maximum Gasteiger partial charge on any atom is 0.0406 e. The largest absolute Gasteiger partial charge is 0.317 e. The standard InChI is InChI=1S/C18H28ClN3/c1-21-11-2-12-22(17-7-9-20-10-8-17)18(14-21)13-15-3-5-16(19)6-4-15/h3-6,17-18,20H,2,7-14H2,1H3/t18-/m0/s1. The lowest BCUT2D eigenvalue weighted by molar-refractivity contribution is 0.108. The summed E-state index contributed by atoms with van der Waals surface area (Å²) in [7, 11) is 2.26. The third kappa shape index (κ3) is 4.23. The van der Waals surface area contributed by atoms with Gasteiger partial charge < -0.3 is 10.2 Å². The molecule has 2 saturated heterocycles. The fourth-order valence-electron chi connectivity index (χ4n) is 3.96. The summed E-state index contributed by atoms with van der Waals surface area (Å²) in [4.78, 5) is 5.31. The van der Waals surface area contributed by atoms with E-state index in [9.17, 15) is 0 Å². The van der Waals surface area contributed by atoms with Crippen LogP contribution in [0.2, 0.25) is 5.02 Å². The monoisotopic (exact) mass is 321 g/mol. The summed E-state index contributed by atoms with van der Waals surface area (Å²) < 4.78 is 0. The van der Waals surface area contributed by atoms with Crippen LogP contribution in [0.25, 0.3) is 0 Å². The Bertz CT molecular complexity index is 456. The van der Waals surface area contributed by atoms with E-state index in [2.05, 4.69) is 34.3 Å². The van der Waals surface area contributed by atoms with Crippen molar-refractivity contribution in [3.05, 3.63) is 34.9 Å². The van der Waals surface area contributed by atoms with Gasteiger partial charge in [0.1, 0.15) is 0 Å².